The highest BCUT2D eigenvalue weighted by Gasteiger charge is 2.34. The van der Waals surface area contributed by atoms with Gasteiger partial charge in [-0.25, -0.2) is 4.98 Å². The fraction of sp³-hybridized carbons (Fsp3) is 0.421. The highest BCUT2D eigenvalue weighted by Crippen LogP contribution is 2.33. The third-order valence-electron chi connectivity index (χ3n) is 4.77. The van der Waals surface area contributed by atoms with Crippen LogP contribution in [-0.2, 0) is 19.5 Å². The van der Waals surface area contributed by atoms with Gasteiger partial charge in [0.25, 0.3) is 0 Å². The molecule has 0 aliphatic carbocycles. The third-order valence-corrected chi connectivity index (χ3v) is 4.77. The van der Waals surface area contributed by atoms with Gasteiger partial charge in [-0.15, -0.1) is 13.2 Å². The molecule has 10 heteroatoms. The van der Waals surface area contributed by atoms with Gasteiger partial charge in [-0.1, -0.05) is 31.1 Å². The molecule has 0 spiro atoms. The molecule has 3 heterocycles. The van der Waals surface area contributed by atoms with Crippen molar-refractivity contribution in [1.82, 2.24) is 25.0 Å². The molecule has 1 aliphatic rings. The van der Waals surface area contributed by atoms with Crippen molar-refractivity contribution < 1.29 is 22.4 Å². The zero-order valence-electron chi connectivity index (χ0n) is 15.9. The summed E-state index contributed by atoms with van der Waals surface area (Å²) in [7, 11) is 0. The Morgan fingerprint density at radius 2 is 2.17 bits per heavy atom. The van der Waals surface area contributed by atoms with E-state index in [4.69, 9.17) is 4.52 Å². The molecule has 154 valence electrons. The van der Waals surface area contributed by atoms with Gasteiger partial charge in [0.2, 0.25) is 5.89 Å². The van der Waals surface area contributed by atoms with Gasteiger partial charge in [0.15, 0.2) is 5.82 Å². The Hall–Kier alpha value is -2.88. The number of hydrogen-bond donors (Lipinski definition) is 1. The van der Waals surface area contributed by atoms with Crippen molar-refractivity contribution in [1.29, 1.82) is 0 Å². The SMILES string of the molecule is CC(C)c1noc([C@@H]2Cc3nc[nH]c3CN2Cc2cccc(OC(F)(F)F)c2)n1. The summed E-state index contributed by atoms with van der Waals surface area (Å²) in [4.78, 5) is 14.1. The first-order valence-electron chi connectivity index (χ1n) is 9.22. The summed E-state index contributed by atoms with van der Waals surface area (Å²) in [5, 5.41) is 4.04. The molecule has 2 aromatic heterocycles. The number of hydrogen-bond acceptors (Lipinski definition) is 6. The van der Waals surface area contributed by atoms with Crippen molar-refractivity contribution in [3.8, 4) is 5.75 Å². The molecular weight excluding hydrogens is 387 g/mol. The summed E-state index contributed by atoms with van der Waals surface area (Å²) in [5.41, 5.74) is 2.57. The second-order valence-corrected chi connectivity index (χ2v) is 7.29. The van der Waals surface area contributed by atoms with Gasteiger partial charge in [-0.05, 0) is 17.7 Å². The Morgan fingerprint density at radius 1 is 1.34 bits per heavy atom. The molecule has 1 N–H and O–H groups in total. The van der Waals surface area contributed by atoms with Gasteiger partial charge in [0.1, 0.15) is 5.75 Å². The van der Waals surface area contributed by atoms with E-state index in [1.807, 2.05) is 13.8 Å². The topological polar surface area (TPSA) is 80.1 Å². The first-order valence-corrected chi connectivity index (χ1v) is 9.22. The Morgan fingerprint density at radius 3 is 2.90 bits per heavy atom. The molecule has 0 radical (unpaired) electrons. The standard InChI is InChI=1S/C19H20F3N5O2/c1-11(2)17-25-18(29-26-17)16-7-14-15(24-10-23-14)9-27(16)8-12-4-3-5-13(6-12)28-19(20,21)22/h3-6,10-11,16H,7-9H2,1-2H3,(H,23,24)/t16-/m0/s1. The molecule has 0 saturated heterocycles. The zero-order chi connectivity index (χ0) is 20.6. The number of H-pyrrole nitrogens is 1. The van der Waals surface area contributed by atoms with E-state index in [1.54, 1.807) is 18.5 Å². The summed E-state index contributed by atoms with van der Waals surface area (Å²) >= 11 is 0. The molecular formula is C19H20F3N5O2. The van der Waals surface area contributed by atoms with E-state index in [2.05, 4.69) is 29.7 Å². The van der Waals surface area contributed by atoms with E-state index in [1.165, 1.54) is 12.1 Å². The van der Waals surface area contributed by atoms with Crippen LogP contribution in [-0.4, -0.2) is 31.4 Å². The number of ether oxygens (including phenoxy) is 1. The van der Waals surface area contributed by atoms with Gasteiger partial charge in [0.05, 0.1) is 23.8 Å². The van der Waals surface area contributed by atoms with Crippen LogP contribution in [0, 0.1) is 0 Å². The van der Waals surface area contributed by atoms with Crippen molar-refractivity contribution in [2.45, 2.75) is 51.7 Å². The third kappa shape index (κ3) is 4.42. The lowest BCUT2D eigenvalue weighted by atomic mass is 10.0. The maximum atomic E-state index is 12.5. The van der Waals surface area contributed by atoms with Crippen LogP contribution >= 0.6 is 0 Å². The molecule has 0 saturated carbocycles. The Bertz CT molecular complexity index is 982. The highest BCUT2D eigenvalue weighted by molar-refractivity contribution is 5.29. The lowest BCUT2D eigenvalue weighted by Crippen LogP contribution is -2.34. The normalized spacial score (nSPS) is 17.5. The van der Waals surface area contributed by atoms with Crippen LogP contribution in [0.4, 0.5) is 13.2 Å². The van der Waals surface area contributed by atoms with Gasteiger partial charge in [-0.2, -0.15) is 4.98 Å². The summed E-state index contributed by atoms with van der Waals surface area (Å²) < 4.78 is 47.2. The molecule has 4 rings (SSSR count). The second kappa shape index (κ2) is 7.51. The molecule has 0 amide bonds. The smallest absolute Gasteiger partial charge is 0.406 e. The monoisotopic (exact) mass is 407 g/mol. The van der Waals surface area contributed by atoms with Gasteiger partial charge in [-0.3, -0.25) is 4.90 Å². The molecule has 1 atom stereocenters. The molecule has 29 heavy (non-hydrogen) atoms. The van der Waals surface area contributed by atoms with Crippen LogP contribution in [0.25, 0.3) is 0 Å². The number of imidazole rings is 1. The number of rotatable bonds is 5. The first kappa shape index (κ1) is 19.4. The van der Waals surface area contributed by atoms with E-state index in [9.17, 15) is 13.2 Å². The van der Waals surface area contributed by atoms with Gasteiger partial charge >= 0.3 is 6.36 Å². The van der Waals surface area contributed by atoms with Crippen LogP contribution in [0.15, 0.2) is 35.1 Å². The minimum Gasteiger partial charge on any atom is -0.406 e. The summed E-state index contributed by atoms with van der Waals surface area (Å²) in [6.45, 7) is 4.87. The van der Waals surface area contributed by atoms with E-state index in [-0.39, 0.29) is 17.7 Å². The molecule has 3 aromatic rings. The number of nitrogens with one attached hydrogen (secondary N) is 1. The van der Waals surface area contributed by atoms with Crippen molar-refractivity contribution in [3.05, 3.63) is 59.3 Å². The number of aromatic amines is 1. The van der Waals surface area contributed by atoms with Crippen molar-refractivity contribution in [2.24, 2.45) is 0 Å². The number of benzene rings is 1. The van der Waals surface area contributed by atoms with Crippen molar-refractivity contribution in [3.63, 3.8) is 0 Å². The highest BCUT2D eigenvalue weighted by atomic mass is 19.4. The minimum absolute atomic E-state index is 0.127. The van der Waals surface area contributed by atoms with Crippen LogP contribution in [0.2, 0.25) is 0 Å². The summed E-state index contributed by atoms with van der Waals surface area (Å²) in [5.74, 6) is 0.978. The van der Waals surface area contributed by atoms with Crippen LogP contribution in [0.1, 0.15) is 54.5 Å². The average molecular weight is 407 g/mol. The molecule has 1 aliphatic heterocycles. The predicted molar refractivity (Wildman–Crippen MR) is 95.8 cm³/mol. The number of aromatic nitrogens is 4. The number of nitrogens with zero attached hydrogens (tertiary/aromatic N) is 4. The quantitative estimate of drug-likeness (QED) is 0.686. The lowest BCUT2D eigenvalue weighted by molar-refractivity contribution is -0.274. The molecule has 0 unspecified atom stereocenters. The zero-order valence-corrected chi connectivity index (χ0v) is 15.9. The molecule has 0 bridgehead atoms. The number of halogens is 3. The fourth-order valence-electron chi connectivity index (χ4n) is 3.39. The maximum absolute atomic E-state index is 12.5. The maximum Gasteiger partial charge on any atom is 0.573 e. The van der Waals surface area contributed by atoms with E-state index in [0.717, 1.165) is 11.4 Å². The summed E-state index contributed by atoms with van der Waals surface area (Å²) in [6, 6.07) is 5.75. The van der Waals surface area contributed by atoms with E-state index < -0.39 is 6.36 Å². The largest absolute Gasteiger partial charge is 0.573 e. The molecule has 0 fully saturated rings. The number of alkyl halides is 3. The van der Waals surface area contributed by atoms with Crippen LogP contribution in [0.5, 0.6) is 5.75 Å². The average Bonchev–Trinajstić information content (AvgIpc) is 3.29. The van der Waals surface area contributed by atoms with Crippen LogP contribution in [0.3, 0.4) is 0 Å². The van der Waals surface area contributed by atoms with Crippen molar-refractivity contribution >= 4 is 0 Å². The minimum atomic E-state index is -4.73. The number of fused-ring (bicyclic) bond motifs is 1. The first-order chi connectivity index (χ1) is 13.8. The van der Waals surface area contributed by atoms with E-state index >= 15 is 0 Å². The Balaban J connectivity index is 1.60. The molecule has 1 aromatic carbocycles. The van der Waals surface area contributed by atoms with E-state index in [0.29, 0.717) is 36.8 Å². The van der Waals surface area contributed by atoms with Gasteiger partial charge < -0.3 is 14.2 Å². The second-order valence-electron chi connectivity index (χ2n) is 7.29. The predicted octanol–water partition coefficient (Wildman–Crippen LogP) is 4.11. The summed E-state index contributed by atoms with van der Waals surface area (Å²) in [6.07, 6.45) is -2.53. The molecule has 7 nitrogen and oxygen atoms in total. The lowest BCUT2D eigenvalue weighted by Gasteiger charge is -2.32. The Kier molecular flexibility index (Phi) is 5.03. The van der Waals surface area contributed by atoms with Crippen LogP contribution < -0.4 is 4.74 Å². The fourth-order valence-corrected chi connectivity index (χ4v) is 3.39. The van der Waals surface area contributed by atoms with Crippen molar-refractivity contribution in [2.75, 3.05) is 0 Å². The van der Waals surface area contributed by atoms with Gasteiger partial charge in [0, 0.05) is 25.4 Å². The Labute approximate surface area is 164 Å².